The lowest BCUT2D eigenvalue weighted by molar-refractivity contribution is -0.130. The van der Waals surface area contributed by atoms with Gasteiger partial charge in [-0.25, -0.2) is 0 Å². The van der Waals surface area contributed by atoms with E-state index in [0.29, 0.717) is 5.91 Å². The van der Waals surface area contributed by atoms with Crippen molar-refractivity contribution in [3.63, 3.8) is 0 Å². The van der Waals surface area contributed by atoms with Crippen LogP contribution in [0.25, 0.3) is 0 Å². The molecular formula is C14H21N3OS2. The Bertz CT molecular complexity index is 445. The molecule has 20 heavy (non-hydrogen) atoms. The van der Waals surface area contributed by atoms with E-state index in [1.807, 2.05) is 6.92 Å². The monoisotopic (exact) mass is 311 g/mol. The minimum Gasteiger partial charge on any atom is -0.323 e. The summed E-state index contributed by atoms with van der Waals surface area (Å²) in [5.41, 5.74) is 0. The quantitative estimate of drug-likeness (QED) is 0.916. The zero-order chi connectivity index (χ0) is 13.9. The number of carbonyl (C=O) groups excluding carboxylic acids is 1. The summed E-state index contributed by atoms with van der Waals surface area (Å²) in [5.74, 6) is 0.295. The number of thioether (sulfide) groups is 1. The van der Waals surface area contributed by atoms with Gasteiger partial charge in [-0.1, -0.05) is 6.07 Å². The van der Waals surface area contributed by atoms with Crippen LogP contribution < -0.4 is 5.32 Å². The van der Waals surface area contributed by atoms with Crippen LogP contribution in [-0.4, -0.2) is 60.2 Å². The van der Waals surface area contributed by atoms with Crippen molar-refractivity contribution >= 4 is 29.0 Å². The van der Waals surface area contributed by atoms with Gasteiger partial charge in [0.25, 0.3) is 0 Å². The lowest BCUT2D eigenvalue weighted by atomic mass is 10.3. The first-order valence-electron chi connectivity index (χ1n) is 7.18. The fourth-order valence-corrected chi connectivity index (χ4v) is 4.99. The Kier molecular flexibility index (Phi) is 4.65. The van der Waals surface area contributed by atoms with Gasteiger partial charge in [-0.3, -0.25) is 9.69 Å². The van der Waals surface area contributed by atoms with Gasteiger partial charge in [0.2, 0.25) is 5.91 Å². The molecule has 4 nitrogen and oxygen atoms in total. The Morgan fingerprint density at radius 3 is 2.85 bits per heavy atom. The van der Waals surface area contributed by atoms with Crippen LogP contribution in [0, 0.1) is 0 Å². The lowest BCUT2D eigenvalue weighted by Crippen LogP contribution is -2.46. The van der Waals surface area contributed by atoms with Crippen LogP contribution in [0.4, 0.5) is 0 Å². The maximum absolute atomic E-state index is 12.4. The van der Waals surface area contributed by atoms with E-state index >= 15 is 0 Å². The van der Waals surface area contributed by atoms with E-state index in [4.69, 9.17) is 0 Å². The lowest BCUT2D eigenvalue weighted by Gasteiger charge is -2.30. The van der Waals surface area contributed by atoms with Gasteiger partial charge in [0.15, 0.2) is 0 Å². The molecule has 0 aromatic carbocycles. The van der Waals surface area contributed by atoms with Gasteiger partial charge in [0.1, 0.15) is 5.37 Å². The normalized spacial score (nSPS) is 28.2. The Balaban J connectivity index is 1.63. The molecule has 0 spiro atoms. The molecule has 2 saturated heterocycles. The predicted octanol–water partition coefficient (Wildman–Crippen LogP) is 1.62. The number of piperazine rings is 1. The molecular weight excluding hydrogens is 290 g/mol. The molecule has 0 bridgehead atoms. The second-order valence-corrected chi connectivity index (χ2v) is 7.67. The Labute approximate surface area is 128 Å². The summed E-state index contributed by atoms with van der Waals surface area (Å²) >= 11 is 3.53. The minimum atomic E-state index is 0.0881. The highest BCUT2D eigenvalue weighted by Crippen LogP contribution is 2.44. The smallest absolute Gasteiger partial charge is 0.236 e. The van der Waals surface area contributed by atoms with E-state index in [1.54, 1.807) is 23.1 Å². The van der Waals surface area contributed by atoms with Crippen LogP contribution in [0.3, 0.4) is 0 Å². The second-order valence-electron chi connectivity index (χ2n) is 5.27. The van der Waals surface area contributed by atoms with Gasteiger partial charge in [0, 0.05) is 44.1 Å². The predicted molar refractivity (Wildman–Crippen MR) is 85.1 cm³/mol. The third-order valence-corrected chi connectivity index (χ3v) is 6.35. The zero-order valence-electron chi connectivity index (χ0n) is 11.7. The molecule has 3 heterocycles. The number of carbonyl (C=O) groups is 1. The largest absolute Gasteiger partial charge is 0.323 e. The summed E-state index contributed by atoms with van der Waals surface area (Å²) in [4.78, 5) is 18.2. The van der Waals surface area contributed by atoms with Gasteiger partial charge < -0.3 is 10.2 Å². The van der Waals surface area contributed by atoms with Crippen LogP contribution in [0.1, 0.15) is 17.2 Å². The molecule has 2 atom stereocenters. The standard InChI is InChI=1S/C14H21N3OS2/c1-11-13(18)17(9-8-16-6-4-15-5-7-16)14(20-11)12-3-2-10-19-12/h2-3,10-11,14-15H,4-9H2,1H3/t11-,14-/m0/s1. The molecule has 6 heteroatoms. The molecule has 1 N–H and O–H groups in total. The van der Waals surface area contributed by atoms with Crippen molar-refractivity contribution in [1.29, 1.82) is 0 Å². The van der Waals surface area contributed by atoms with Gasteiger partial charge in [-0.15, -0.1) is 23.1 Å². The maximum Gasteiger partial charge on any atom is 0.236 e. The second kappa shape index (κ2) is 6.47. The van der Waals surface area contributed by atoms with Crippen molar-refractivity contribution < 1.29 is 4.79 Å². The highest BCUT2D eigenvalue weighted by Gasteiger charge is 2.38. The highest BCUT2D eigenvalue weighted by molar-refractivity contribution is 8.01. The summed E-state index contributed by atoms with van der Waals surface area (Å²) in [6.45, 7) is 8.17. The Morgan fingerprint density at radius 1 is 1.35 bits per heavy atom. The number of nitrogens with one attached hydrogen (secondary N) is 1. The van der Waals surface area contributed by atoms with Crippen molar-refractivity contribution in [3.05, 3.63) is 22.4 Å². The molecule has 0 saturated carbocycles. The fraction of sp³-hybridized carbons (Fsp3) is 0.643. The maximum atomic E-state index is 12.4. The topological polar surface area (TPSA) is 35.6 Å². The molecule has 2 aliphatic heterocycles. The fourth-order valence-electron chi connectivity index (χ4n) is 2.74. The van der Waals surface area contributed by atoms with Gasteiger partial charge in [-0.2, -0.15) is 0 Å². The molecule has 1 aromatic rings. The first-order valence-corrected chi connectivity index (χ1v) is 9.00. The van der Waals surface area contributed by atoms with E-state index < -0.39 is 0 Å². The van der Waals surface area contributed by atoms with Crippen LogP contribution >= 0.6 is 23.1 Å². The first kappa shape index (κ1) is 14.4. The number of hydrogen-bond donors (Lipinski definition) is 1. The van der Waals surface area contributed by atoms with Gasteiger partial charge >= 0.3 is 0 Å². The van der Waals surface area contributed by atoms with E-state index in [1.165, 1.54) is 4.88 Å². The Hall–Kier alpha value is -0.560. The molecule has 1 amide bonds. The summed E-state index contributed by atoms with van der Waals surface area (Å²) in [6, 6.07) is 4.22. The molecule has 2 fully saturated rings. The number of rotatable bonds is 4. The average Bonchev–Trinajstić information content (AvgIpc) is 3.08. The number of hydrogen-bond acceptors (Lipinski definition) is 5. The molecule has 110 valence electrons. The van der Waals surface area contributed by atoms with Crippen molar-refractivity contribution in [2.45, 2.75) is 17.5 Å². The SMILES string of the molecule is C[C@@H]1S[C@@H](c2cccs2)N(CCN2CCNCC2)C1=O. The zero-order valence-corrected chi connectivity index (χ0v) is 13.4. The van der Waals surface area contributed by atoms with E-state index in [9.17, 15) is 4.79 Å². The molecule has 2 aliphatic rings. The molecule has 1 aromatic heterocycles. The number of thiophene rings is 1. The van der Waals surface area contributed by atoms with Crippen molar-refractivity contribution in [2.24, 2.45) is 0 Å². The van der Waals surface area contributed by atoms with Crippen molar-refractivity contribution in [1.82, 2.24) is 15.1 Å². The van der Waals surface area contributed by atoms with Crippen molar-refractivity contribution in [2.75, 3.05) is 39.3 Å². The minimum absolute atomic E-state index is 0.0881. The highest BCUT2D eigenvalue weighted by atomic mass is 32.2. The van der Waals surface area contributed by atoms with Gasteiger partial charge in [-0.05, 0) is 18.4 Å². The van der Waals surface area contributed by atoms with Crippen LogP contribution in [0.15, 0.2) is 17.5 Å². The summed E-state index contributed by atoms with van der Waals surface area (Å²) in [6.07, 6.45) is 0. The molecule has 0 radical (unpaired) electrons. The van der Waals surface area contributed by atoms with Gasteiger partial charge in [0.05, 0.1) is 5.25 Å². The first-order chi connectivity index (χ1) is 9.75. The number of amides is 1. The van der Waals surface area contributed by atoms with E-state index in [-0.39, 0.29) is 10.6 Å². The third-order valence-electron chi connectivity index (χ3n) is 3.90. The number of nitrogens with zero attached hydrogens (tertiary/aromatic N) is 2. The Morgan fingerprint density at radius 2 is 2.15 bits per heavy atom. The van der Waals surface area contributed by atoms with E-state index in [0.717, 1.165) is 39.3 Å². The summed E-state index contributed by atoms with van der Waals surface area (Å²) in [5, 5.41) is 5.77. The van der Waals surface area contributed by atoms with Crippen molar-refractivity contribution in [3.8, 4) is 0 Å². The molecule has 0 unspecified atom stereocenters. The molecule has 0 aliphatic carbocycles. The van der Waals surface area contributed by atoms with Crippen LogP contribution in [0.2, 0.25) is 0 Å². The third kappa shape index (κ3) is 3.03. The van der Waals surface area contributed by atoms with E-state index in [2.05, 4.69) is 32.6 Å². The van der Waals surface area contributed by atoms with Crippen LogP contribution in [0.5, 0.6) is 0 Å². The average molecular weight is 311 g/mol. The summed E-state index contributed by atoms with van der Waals surface area (Å²) < 4.78 is 0. The molecule has 3 rings (SSSR count). The summed E-state index contributed by atoms with van der Waals surface area (Å²) in [7, 11) is 0. The van der Waals surface area contributed by atoms with Crippen LogP contribution in [-0.2, 0) is 4.79 Å².